The van der Waals surface area contributed by atoms with Crippen molar-refractivity contribution < 1.29 is 125 Å². The molecule has 0 spiro atoms. The van der Waals surface area contributed by atoms with Crippen LogP contribution >= 0.6 is 0 Å². The van der Waals surface area contributed by atoms with Gasteiger partial charge < -0.3 is 20.4 Å². The topological polar surface area (TPSA) is 265 Å². The van der Waals surface area contributed by atoms with Crippen LogP contribution in [0.1, 0.15) is 166 Å². The molecule has 0 aliphatic rings. The fourth-order valence-corrected chi connectivity index (χ4v) is 25.5. The molecule has 0 fully saturated rings. The summed E-state index contributed by atoms with van der Waals surface area (Å²) in [5, 5.41) is 44.0. The largest absolute Gasteiger partial charge is 0 e. The number of fused-ring (bicyclic) bond motifs is 4. The van der Waals surface area contributed by atoms with Gasteiger partial charge in [0.15, 0.2) is 23.1 Å². The number of aliphatic hydroxyl groups is 4. The van der Waals surface area contributed by atoms with E-state index in [9.17, 15) is 39.6 Å². The summed E-state index contributed by atoms with van der Waals surface area (Å²) in [7, 11) is 4.39. The maximum atomic E-state index is 11.5. The van der Waals surface area contributed by atoms with Gasteiger partial charge in [0.25, 0.3) is 0 Å². The Morgan fingerprint density at radius 1 is 0.295 bits per heavy atom. The molecule has 0 amide bonds. The third kappa shape index (κ3) is 44.7. The molecule has 0 unspecified atom stereocenters. The zero-order chi connectivity index (χ0) is 111. The second-order valence-electron chi connectivity index (χ2n) is 51.9. The van der Waals surface area contributed by atoms with Crippen molar-refractivity contribution in [3.63, 3.8) is 0 Å². The zero-order valence-corrected chi connectivity index (χ0v) is 119. The van der Waals surface area contributed by atoms with Gasteiger partial charge in [-0.05, 0) is 0 Å². The van der Waals surface area contributed by atoms with E-state index in [1.807, 2.05) is 198 Å². The van der Waals surface area contributed by atoms with Crippen molar-refractivity contribution in [1.29, 1.82) is 0 Å². The average Bonchev–Trinajstić information content (AvgIpc) is 0.788. The van der Waals surface area contributed by atoms with Gasteiger partial charge in [-0.2, -0.15) is 0 Å². The number of hydrogen-bond donors (Lipinski definition) is 4. The van der Waals surface area contributed by atoms with E-state index in [1.54, 1.807) is 32.4 Å². The third-order valence-corrected chi connectivity index (χ3v) is 47.3. The Morgan fingerprint density at radius 3 is 0.732 bits per heavy atom. The molecular formula is C121H171Ge5Ir4N9O9Si-4. The first-order chi connectivity index (χ1) is 65.9. The van der Waals surface area contributed by atoms with Crippen LogP contribution in [0.3, 0.4) is 0 Å². The van der Waals surface area contributed by atoms with Crippen LogP contribution in [0.4, 0.5) is 5.69 Å². The maximum Gasteiger partial charge on any atom is 0 e. The summed E-state index contributed by atoms with van der Waals surface area (Å²) in [6.07, 6.45) is 11.9. The molecule has 149 heavy (non-hydrogen) atoms. The fourth-order valence-electron chi connectivity index (χ4n) is 12.8. The number of aromatic nitrogens is 8. The fraction of sp³-hybridized carbons (Fsp3) is 0.438. The zero-order valence-electron chi connectivity index (χ0n) is 97.7. The van der Waals surface area contributed by atoms with Crippen molar-refractivity contribution >= 4 is 174 Å². The summed E-state index contributed by atoms with van der Waals surface area (Å²) in [6, 6.07) is 65.6. The van der Waals surface area contributed by atoms with Gasteiger partial charge in [0.05, 0.1) is 0 Å². The van der Waals surface area contributed by atoms with E-state index >= 15 is 0 Å². The predicted molar refractivity (Wildman–Crippen MR) is 633 cm³/mol. The Balaban J connectivity index is 0.000000861. The van der Waals surface area contributed by atoms with Gasteiger partial charge in [0, 0.05) is 148 Å². The maximum absolute atomic E-state index is 11.5. The molecule has 12 rings (SSSR count). The summed E-state index contributed by atoms with van der Waals surface area (Å²) in [6.45, 7) is 51.5. The second-order valence-corrected chi connectivity index (χ2v) is 110. The molecule has 4 N–H and O–H groups in total. The number of nitrogens with zero attached hydrogens (tertiary/aromatic N) is 9. The molecule has 0 atom stereocenters. The van der Waals surface area contributed by atoms with Crippen LogP contribution in [0.2, 0.25) is 106 Å². The number of anilines is 1. The van der Waals surface area contributed by atoms with Gasteiger partial charge in [-0.25, -0.2) is 0 Å². The minimum atomic E-state index is -1.85. The quantitative estimate of drug-likeness (QED) is 0.0303. The van der Waals surface area contributed by atoms with E-state index in [-0.39, 0.29) is 148 Å². The first-order valence-electron chi connectivity index (χ1n) is 50.0. The SMILES string of the molecule is CC(C)(C)C(=O)C=C(O)C(C)(C)C.CC(C)(C)C(=O)C=C(O)C(C)(C)C.CC(C)(C)C(=O)C=C(O)C(C)(C)C.CC(C)(C)C(=O)C=C(O)C(C)(C)C.CN(C)c1ccc2c(-c3[c-]c[c]([Ge]([CH3])([CH3])[CH3])cc3)ncnc2c1.COc1ccc2c(-c3[c-]c[c]([Ge]([CH3])([CH3])[CH3])cc3)ncnc2c1.C[Si](C)(C)c1ccc2c(-c3[c-]c[c]([Ge]([CH3])([CH3])[CH3])cc3)ncnc2c1.[CH3][Ge]([CH3])([CH3])[c]1c[c-]c(-c2ncnc3c[c]([Ge]([CH3])([CH3])[CH3])ccc23)cc1.[Ir].[Ir].[Ir].[Ir]. The first-order valence-corrected chi connectivity index (χ1v) is 90.2. The molecule has 28 heteroatoms. The number of ether oxygens (including phenoxy) is 1. The standard InChI is InChI=1S/C20H25Ge2N2.C20H25GeN2Si.C19H22GeN3.C18H19GeN2O.4C11H20O2.4Ir/c1-21(2,3)16-9-7-15(8-10-16)20-18-12-11-17(22(4,5)6)13-19(18)23-14-24-20;1-21(2,3)16-9-7-15(8-10-16)20-18-12-11-17(24(4,5)6)13-19(18)22-14-23-20;1-20(2,3)15-8-6-14(7-9-15)19-17-11-10-16(23(4)5)12-18(17)21-13-22-19;1-19(2,3)14-7-5-13(6-8-14)18-16-10-9-15(22-4)11-17(16)20-12-21-18;4*1-10(2,3)8(12)7-9(13)11(4,5)6;;;;/h2*7,9-14H,1-6H3;6,8-13H,1-5H3;5,7-12H,1-4H3;4*7,12H,1-6H3;;;;/q4*-1;;;;;;;;. The van der Waals surface area contributed by atoms with Crippen LogP contribution in [-0.4, -0.2) is 179 Å². The van der Waals surface area contributed by atoms with E-state index in [1.165, 1.54) is 51.5 Å². The van der Waals surface area contributed by atoms with Gasteiger partial charge in [-0.3, -0.25) is 19.2 Å². The van der Waals surface area contributed by atoms with E-state index in [0.29, 0.717) is 0 Å². The Labute approximate surface area is 963 Å². The summed E-state index contributed by atoms with van der Waals surface area (Å²) < 4.78 is 12.6. The van der Waals surface area contributed by atoms with Crippen molar-refractivity contribution in [2.45, 2.75) is 272 Å². The van der Waals surface area contributed by atoms with Crippen LogP contribution in [-0.2, 0) is 99.6 Å². The van der Waals surface area contributed by atoms with Gasteiger partial charge in [-0.15, -0.1) is 0 Å². The van der Waals surface area contributed by atoms with Crippen LogP contribution in [0.25, 0.3) is 88.6 Å². The smallest absolute Gasteiger partial charge is 0 e. The first kappa shape index (κ1) is 140. The van der Waals surface area contributed by atoms with E-state index in [4.69, 9.17) is 4.74 Å². The van der Waals surface area contributed by atoms with Crippen LogP contribution in [0.15, 0.2) is 218 Å². The van der Waals surface area contributed by atoms with Crippen molar-refractivity contribution in [2.24, 2.45) is 43.3 Å². The van der Waals surface area contributed by atoms with Gasteiger partial charge in [0.2, 0.25) is 0 Å². The second kappa shape index (κ2) is 56.6. The number of ketones is 4. The number of methoxy groups -OCH3 is 1. The van der Waals surface area contributed by atoms with Crippen molar-refractivity contribution in [3.05, 3.63) is 243 Å². The van der Waals surface area contributed by atoms with Crippen LogP contribution in [0.5, 0.6) is 5.75 Å². The Bertz CT molecular complexity index is 6220. The molecule has 0 bridgehead atoms. The van der Waals surface area contributed by atoms with Crippen LogP contribution in [0, 0.1) is 67.6 Å². The summed E-state index contributed by atoms with van der Waals surface area (Å²) in [4.78, 5) is 83.9. The van der Waals surface area contributed by atoms with E-state index in [2.05, 4.69) is 302 Å². The van der Waals surface area contributed by atoms with Crippen LogP contribution < -0.4 is 36.8 Å². The average molecular weight is 3060 g/mol. The molecule has 0 aliphatic carbocycles. The number of allylic oxidation sites excluding steroid dienone is 8. The van der Waals surface area contributed by atoms with Crippen molar-refractivity contribution in [3.8, 4) is 50.8 Å². The Kier molecular flexibility index (Phi) is 53.3. The molecule has 8 aromatic carbocycles. The molecule has 0 aliphatic heterocycles. The number of rotatable bonds is 16. The predicted octanol–water partition coefficient (Wildman–Crippen LogP) is 28.1. The number of carbonyl (C=O) groups is 4. The van der Waals surface area contributed by atoms with Gasteiger partial charge in [0.1, 0.15) is 23.0 Å². The van der Waals surface area contributed by atoms with E-state index in [0.717, 1.165) is 100 Å². The summed E-state index contributed by atoms with van der Waals surface area (Å²) >= 11 is -9.05. The number of aliphatic hydroxyl groups excluding tert-OH is 4. The third-order valence-electron chi connectivity index (χ3n) is 23.8. The molecule has 0 saturated carbocycles. The van der Waals surface area contributed by atoms with E-state index < -0.39 is 96.1 Å². The Hall–Kier alpha value is -6.91. The molecular weight excluding hydrogens is 2880 g/mol. The van der Waals surface area contributed by atoms with Gasteiger partial charge in [-0.1, -0.05) is 166 Å². The van der Waals surface area contributed by atoms with Crippen molar-refractivity contribution in [1.82, 2.24) is 39.9 Å². The molecule has 0 saturated heterocycles. The van der Waals surface area contributed by atoms with Gasteiger partial charge >= 0.3 is 574 Å². The monoisotopic (exact) mass is 3060 g/mol. The number of hydrogen-bond acceptors (Lipinski definition) is 18. The molecule has 12 aromatic rings. The summed E-state index contributed by atoms with van der Waals surface area (Å²) in [5.41, 5.74) is 10.0. The molecule has 4 heterocycles. The number of carbonyl (C=O) groups excluding carboxylic acids is 4. The number of benzene rings is 8. The molecule has 818 valence electrons. The normalized spacial score (nSPS) is 12.6. The molecule has 18 nitrogen and oxygen atoms in total. The van der Waals surface area contributed by atoms with Crippen molar-refractivity contribution in [2.75, 3.05) is 26.1 Å². The molecule has 4 aromatic heterocycles. The minimum absolute atomic E-state index is 0. The minimum Gasteiger partial charge on any atom is 0 e. The summed E-state index contributed by atoms with van der Waals surface area (Å²) in [5.74, 6) is 37.2. The molecule has 4 radical (unpaired) electrons. The Morgan fingerprint density at radius 2 is 0.517 bits per heavy atom.